The molecule has 4 nitrogen and oxygen atoms in total. The van der Waals surface area contributed by atoms with E-state index in [0.717, 1.165) is 11.1 Å². The molecule has 2 aliphatic heterocycles. The van der Waals surface area contributed by atoms with E-state index in [1.165, 1.54) is 0 Å². The van der Waals surface area contributed by atoms with E-state index in [4.69, 9.17) is 18.6 Å². The normalized spacial score (nSPS) is 20.6. The highest BCUT2D eigenvalue weighted by Gasteiger charge is 2.52. The lowest BCUT2D eigenvalue weighted by Gasteiger charge is -2.27. The van der Waals surface area contributed by atoms with Crippen LogP contribution in [0.2, 0.25) is 0 Å². The van der Waals surface area contributed by atoms with Crippen LogP contribution in [0.3, 0.4) is 0 Å². The van der Waals surface area contributed by atoms with Gasteiger partial charge in [0, 0.05) is 5.56 Å². The van der Waals surface area contributed by atoms with Crippen LogP contribution < -0.4 is 18.6 Å². The molecule has 0 radical (unpaired) electrons. The van der Waals surface area contributed by atoms with Crippen molar-refractivity contribution in [2.45, 2.75) is 0 Å². The van der Waals surface area contributed by atoms with Crippen LogP contribution in [-0.4, -0.2) is 6.96 Å². The van der Waals surface area contributed by atoms with E-state index in [0.29, 0.717) is 23.0 Å². The maximum absolute atomic E-state index is 5.83. The summed E-state index contributed by atoms with van der Waals surface area (Å²) >= 11 is 0. The van der Waals surface area contributed by atoms with Crippen LogP contribution >= 0.6 is 0 Å². The van der Waals surface area contributed by atoms with Gasteiger partial charge in [-0.05, 0) is 23.8 Å². The fourth-order valence-electron chi connectivity index (χ4n) is 2.51. The van der Waals surface area contributed by atoms with Crippen LogP contribution in [-0.2, 0) is 0 Å². The monoisotopic (exact) mass is 279 g/mol. The smallest absolute Gasteiger partial charge is 0.609 e. The zero-order valence-electron chi connectivity index (χ0n) is 11.2. The topological polar surface area (TPSA) is 36.9 Å². The van der Waals surface area contributed by atoms with E-state index in [2.05, 4.69) is 13.2 Å². The second-order valence-electron chi connectivity index (χ2n) is 4.84. The highest BCUT2D eigenvalue weighted by molar-refractivity contribution is 6.59. The minimum atomic E-state index is -2.34. The molecule has 2 aliphatic rings. The van der Waals surface area contributed by atoms with Gasteiger partial charge in [-0.15, -0.1) is 0 Å². The summed E-state index contributed by atoms with van der Waals surface area (Å²) in [5, 5.41) is 0. The largest absolute Gasteiger partial charge is 0.777 e. The Hall–Kier alpha value is -2.82. The molecular weight excluding hydrogens is 267 g/mol. The predicted octanol–water partition coefficient (Wildman–Crippen LogP) is 3.65. The summed E-state index contributed by atoms with van der Waals surface area (Å²) < 4.78 is 23.2. The number of para-hydroxylation sites is 1. The van der Waals surface area contributed by atoms with Crippen LogP contribution in [0, 0.1) is 0 Å². The molecule has 0 fully saturated rings. The summed E-state index contributed by atoms with van der Waals surface area (Å²) in [4.78, 5) is 0. The van der Waals surface area contributed by atoms with Gasteiger partial charge in [-0.1, -0.05) is 43.5 Å². The number of hydrogen-bond donors (Lipinski definition) is 0. The van der Waals surface area contributed by atoms with Gasteiger partial charge >= 0.3 is 6.96 Å². The molecule has 0 bridgehead atoms. The Morgan fingerprint density at radius 3 is 2.43 bits per heavy atom. The molecule has 21 heavy (non-hydrogen) atoms. The molecule has 1 atom stereocenters. The van der Waals surface area contributed by atoms with E-state index < -0.39 is 6.96 Å². The van der Waals surface area contributed by atoms with Crippen LogP contribution in [0.15, 0.2) is 49.6 Å². The second kappa shape index (κ2) is 4.09. The van der Waals surface area contributed by atoms with Crippen molar-refractivity contribution < 1.29 is 18.6 Å². The highest BCUT2D eigenvalue weighted by atomic mass is 16.9. The first-order valence-electron chi connectivity index (χ1n) is 6.64. The van der Waals surface area contributed by atoms with E-state index in [9.17, 15) is 0 Å². The summed E-state index contributed by atoms with van der Waals surface area (Å²) in [6, 6.07) is 11.1. The molecule has 0 aliphatic carbocycles. The predicted molar refractivity (Wildman–Crippen MR) is 81.3 cm³/mol. The Bertz CT molecular complexity index is 771. The third-order valence-electron chi connectivity index (χ3n) is 3.51. The summed E-state index contributed by atoms with van der Waals surface area (Å²) in [6.45, 7) is 5.16. The summed E-state index contributed by atoms with van der Waals surface area (Å²) in [5.74, 6) is 2.35. The number of benzene rings is 2. The summed E-state index contributed by atoms with van der Waals surface area (Å²) in [6.07, 6.45) is 3.44. The number of hydrogen-bond acceptors (Lipinski definition) is 4. The first-order chi connectivity index (χ1) is 10.2. The van der Waals surface area contributed by atoms with Crippen LogP contribution in [0.5, 0.6) is 23.0 Å². The molecule has 0 amide bonds. The van der Waals surface area contributed by atoms with Crippen molar-refractivity contribution in [2.24, 2.45) is 0 Å². The lowest BCUT2D eigenvalue weighted by Crippen LogP contribution is -2.54. The van der Waals surface area contributed by atoms with E-state index in [1.807, 2.05) is 36.4 Å². The average molecular weight is 279 g/mol. The molecular formula is C16H12BO4-. The van der Waals surface area contributed by atoms with Crippen molar-refractivity contribution in [2.75, 3.05) is 0 Å². The fourth-order valence-corrected chi connectivity index (χ4v) is 2.51. The minimum absolute atomic E-state index is 0.584. The SMILES string of the molecule is C=Cc1ccc2c(c1)O[B-]1(O2)Oc2cccc(C=C)c2O1. The Kier molecular flexibility index (Phi) is 2.33. The summed E-state index contributed by atoms with van der Waals surface area (Å²) in [7, 11) is 0. The molecule has 0 aromatic heterocycles. The molecule has 2 heterocycles. The standard InChI is InChI=1S/C16H12BO4/c1-3-11-8-9-13-15(10-11)20-17(18-13)19-14-7-5-6-12(4-2)16(14)21-17/h3-10H,1-2H2/q-1. The van der Waals surface area contributed by atoms with Gasteiger partial charge < -0.3 is 18.6 Å². The van der Waals surface area contributed by atoms with Crippen molar-refractivity contribution in [1.29, 1.82) is 0 Å². The lowest BCUT2D eigenvalue weighted by atomic mass is 10.1. The fraction of sp³-hybridized carbons (Fsp3) is 0. The first-order valence-corrected chi connectivity index (χ1v) is 6.64. The molecule has 2 aromatic rings. The van der Waals surface area contributed by atoms with Gasteiger partial charge in [-0.3, -0.25) is 0 Å². The van der Waals surface area contributed by atoms with Crippen LogP contribution in [0.1, 0.15) is 11.1 Å². The Morgan fingerprint density at radius 1 is 0.810 bits per heavy atom. The van der Waals surface area contributed by atoms with Crippen molar-refractivity contribution in [3.05, 3.63) is 60.7 Å². The molecule has 5 heteroatoms. The van der Waals surface area contributed by atoms with Gasteiger partial charge in [-0.2, -0.15) is 0 Å². The Balaban J connectivity index is 1.71. The lowest BCUT2D eigenvalue weighted by molar-refractivity contribution is 0.224. The van der Waals surface area contributed by atoms with Crippen molar-refractivity contribution in [3.63, 3.8) is 0 Å². The van der Waals surface area contributed by atoms with E-state index in [-0.39, 0.29) is 0 Å². The molecule has 0 N–H and O–H groups in total. The number of rotatable bonds is 2. The third kappa shape index (κ3) is 1.71. The highest BCUT2D eigenvalue weighted by Crippen LogP contribution is 2.46. The zero-order chi connectivity index (χ0) is 14.4. The maximum atomic E-state index is 5.83. The number of fused-ring (bicyclic) bond motifs is 2. The van der Waals surface area contributed by atoms with Gasteiger partial charge in [0.15, 0.2) is 0 Å². The average Bonchev–Trinajstić information content (AvgIpc) is 3.04. The van der Waals surface area contributed by atoms with Gasteiger partial charge in [0.05, 0.1) is 0 Å². The molecule has 1 unspecified atom stereocenters. The molecule has 104 valence electrons. The molecule has 0 saturated heterocycles. The van der Waals surface area contributed by atoms with Crippen molar-refractivity contribution in [3.8, 4) is 23.0 Å². The van der Waals surface area contributed by atoms with Gasteiger partial charge in [0.1, 0.15) is 23.0 Å². The maximum Gasteiger partial charge on any atom is 0.777 e. The zero-order valence-corrected chi connectivity index (χ0v) is 11.2. The quantitative estimate of drug-likeness (QED) is 0.786. The summed E-state index contributed by atoms with van der Waals surface area (Å²) in [5.41, 5.74) is 1.77. The van der Waals surface area contributed by atoms with E-state index in [1.54, 1.807) is 12.2 Å². The van der Waals surface area contributed by atoms with Crippen molar-refractivity contribution >= 4 is 19.1 Å². The first kappa shape index (κ1) is 12.0. The van der Waals surface area contributed by atoms with Gasteiger partial charge in [-0.25, -0.2) is 0 Å². The van der Waals surface area contributed by atoms with Crippen molar-refractivity contribution in [1.82, 2.24) is 0 Å². The van der Waals surface area contributed by atoms with Crippen LogP contribution in [0.25, 0.3) is 12.2 Å². The third-order valence-corrected chi connectivity index (χ3v) is 3.51. The minimum Gasteiger partial charge on any atom is -0.609 e. The Morgan fingerprint density at radius 2 is 1.62 bits per heavy atom. The van der Waals surface area contributed by atoms with Gasteiger partial charge in [0.25, 0.3) is 0 Å². The molecule has 0 saturated carbocycles. The molecule has 1 spiro atoms. The van der Waals surface area contributed by atoms with Crippen LogP contribution in [0.4, 0.5) is 0 Å². The molecule has 4 rings (SSSR count). The van der Waals surface area contributed by atoms with Gasteiger partial charge in [0.2, 0.25) is 0 Å². The van der Waals surface area contributed by atoms with E-state index >= 15 is 0 Å². The molecule has 2 aromatic carbocycles. The Labute approximate surface area is 122 Å². The second-order valence-corrected chi connectivity index (χ2v) is 4.84.